The average molecular weight is 327 g/mol. The summed E-state index contributed by atoms with van der Waals surface area (Å²) in [7, 11) is 0. The molecule has 23 heavy (non-hydrogen) atoms. The summed E-state index contributed by atoms with van der Waals surface area (Å²) in [6.07, 6.45) is 1.81. The van der Waals surface area contributed by atoms with Gasteiger partial charge in [-0.3, -0.25) is 4.79 Å². The van der Waals surface area contributed by atoms with Crippen molar-refractivity contribution < 1.29 is 0 Å². The van der Waals surface area contributed by atoms with E-state index in [2.05, 4.69) is 26.7 Å². The van der Waals surface area contributed by atoms with Crippen LogP contribution in [0.4, 0.5) is 0 Å². The van der Waals surface area contributed by atoms with Gasteiger partial charge in [-0.15, -0.1) is 16.8 Å². The van der Waals surface area contributed by atoms with Crippen LogP contribution in [0.1, 0.15) is 17.2 Å². The minimum atomic E-state index is -0.113. The Bertz CT molecular complexity index is 928. The van der Waals surface area contributed by atoms with Crippen LogP contribution in [-0.4, -0.2) is 24.7 Å². The third-order valence-electron chi connectivity index (χ3n) is 3.54. The van der Waals surface area contributed by atoms with Gasteiger partial charge < -0.3 is 9.55 Å². The predicted octanol–water partition coefficient (Wildman–Crippen LogP) is 2.61. The van der Waals surface area contributed by atoms with E-state index in [1.54, 1.807) is 12.1 Å². The highest BCUT2D eigenvalue weighted by Gasteiger charge is 2.11. The number of para-hydroxylation sites is 1. The first kappa shape index (κ1) is 15.5. The second-order valence-electron chi connectivity index (χ2n) is 5.20. The van der Waals surface area contributed by atoms with Crippen molar-refractivity contribution in [3.63, 3.8) is 0 Å². The van der Waals surface area contributed by atoms with Gasteiger partial charge in [0.05, 0.1) is 16.7 Å². The highest BCUT2D eigenvalue weighted by atomic mass is 32.2. The fourth-order valence-electron chi connectivity index (χ4n) is 2.36. The lowest BCUT2D eigenvalue weighted by Crippen LogP contribution is -2.12. The molecule has 0 fully saturated rings. The molecule has 7 heteroatoms. The maximum Gasteiger partial charge on any atom is 0.258 e. The van der Waals surface area contributed by atoms with E-state index in [0.29, 0.717) is 23.5 Å². The topological polar surface area (TPSA) is 76.5 Å². The Morgan fingerprint density at radius 1 is 1.35 bits per heavy atom. The fraction of sp³-hybridized carbons (Fsp3) is 0.250. The lowest BCUT2D eigenvalue weighted by molar-refractivity contribution is 0.703. The van der Waals surface area contributed by atoms with Gasteiger partial charge in [-0.2, -0.15) is 0 Å². The summed E-state index contributed by atoms with van der Waals surface area (Å²) in [5, 5.41) is 9.64. The van der Waals surface area contributed by atoms with Crippen LogP contribution in [0.15, 0.2) is 40.8 Å². The molecule has 0 bridgehead atoms. The summed E-state index contributed by atoms with van der Waals surface area (Å²) >= 11 is 1.49. The summed E-state index contributed by atoms with van der Waals surface area (Å²) in [6, 6.07) is 5.61. The van der Waals surface area contributed by atoms with Gasteiger partial charge in [0.2, 0.25) is 0 Å². The Morgan fingerprint density at radius 3 is 2.96 bits per heavy atom. The number of hydrogen-bond donors (Lipinski definition) is 1. The van der Waals surface area contributed by atoms with E-state index in [9.17, 15) is 4.79 Å². The average Bonchev–Trinajstić information content (AvgIpc) is 2.87. The molecule has 0 spiro atoms. The van der Waals surface area contributed by atoms with Gasteiger partial charge in [0, 0.05) is 6.54 Å². The Labute approximate surface area is 137 Å². The minimum absolute atomic E-state index is 0.113. The maximum atomic E-state index is 12.2. The van der Waals surface area contributed by atoms with Crippen LogP contribution >= 0.6 is 11.8 Å². The maximum absolute atomic E-state index is 12.2. The molecule has 1 N–H and O–H groups in total. The number of thioether (sulfide) groups is 1. The monoisotopic (exact) mass is 327 g/mol. The van der Waals surface area contributed by atoms with Crippen LogP contribution in [0, 0.1) is 13.8 Å². The minimum Gasteiger partial charge on any atom is -0.309 e. The number of rotatable bonds is 5. The van der Waals surface area contributed by atoms with Gasteiger partial charge >= 0.3 is 0 Å². The molecule has 0 radical (unpaired) electrons. The molecule has 0 unspecified atom stereocenters. The second-order valence-corrected chi connectivity index (χ2v) is 6.14. The smallest absolute Gasteiger partial charge is 0.258 e. The van der Waals surface area contributed by atoms with Crippen molar-refractivity contribution in [1.82, 2.24) is 24.7 Å². The second kappa shape index (κ2) is 6.37. The molecule has 0 saturated carbocycles. The van der Waals surface area contributed by atoms with Crippen molar-refractivity contribution in [3.8, 4) is 0 Å². The molecular weight excluding hydrogens is 310 g/mol. The van der Waals surface area contributed by atoms with Crippen molar-refractivity contribution >= 4 is 22.7 Å². The van der Waals surface area contributed by atoms with Crippen molar-refractivity contribution in [2.45, 2.75) is 31.3 Å². The summed E-state index contributed by atoms with van der Waals surface area (Å²) in [5.74, 6) is 1.99. The van der Waals surface area contributed by atoms with Gasteiger partial charge in [0.25, 0.3) is 5.56 Å². The van der Waals surface area contributed by atoms with Gasteiger partial charge in [0.15, 0.2) is 5.16 Å². The largest absolute Gasteiger partial charge is 0.309 e. The molecule has 0 aliphatic heterocycles. The van der Waals surface area contributed by atoms with E-state index in [-0.39, 0.29) is 5.56 Å². The summed E-state index contributed by atoms with van der Waals surface area (Å²) in [5.41, 5.74) is 1.62. The number of allylic oxidation sites excluding steroid dienone is 1. The lowest BCUT2D eigenvalue weighted by Gasteiger charge is -2.06. The molecule has 3 rings (SSSR count). The number of H-pyrrole nitrogens is 1. The normalized spacial score (nSPS) is 11.0. The standard InChI is InChI=1S/C16H17N5OS/c1-4-8-21-11(3)19-20-16(21)23-9-13-17-14-10(2)6-5-7-12(14)15(22)18-13/h4-7H,1,8-9H2,2-3H3,(H,17,18,22). The molecule has 0 aliphatic carbocycles. The lowest BCUT2D eigenvalue weighted by atomic mass is 10.1. The predicted molar refractivity (Wildman–Crippen MR) is 91.6 cm³/mol. The van der Waals surface area contributed by atoms with Crippen LogP contribution in [0.5, 0.6) is 0 Å². The van der Waals surface area contributed by atoms with Crippen molar-refractivity contribution in [2.24, 2.45) is 0 Å². The number of hydrogen-bond acceptors (Lipinski definition) is 5. The Morgan fingerprint density at radius 2 is 2.17 bits per heavy atom. The van der Waals surface area contributed by atoms with E-state index in [0.717, 1.165) is 22.1 Å². The number of benzene rings is 1. The highest BCUT2D eigenvalue weighted by molar-refractivity contribution is 7.98. The molecule has 1 aromatic carbocycles. The summed E-state index contributed by atoms with van der Waals surface area (Å²) < 4.78 is 1.97. The van der Waals surface area contributed by atoms with Crippen molar-refractivity contribution in [2.75, 3.05) is 0 Å². The van der Waals surface area contributed by atoms with E-state index in [4.69, 9.17) is 0 Å². The third kappa shape index (κ3) is 3.05. The Balaban J connectivity index is 1.89. The van der Waals surface area contributed by atoms with Crippen LogP contribution in [0.2, 0.25) is 0 Å². The molecule has 0 atom stereocenters. The molecule has 2 heterocycles. The van der Waals surface area contributed by atoms with E-state index in [1.165, 1.54) is 11.8 Å². The quantitative estimate of drug-likeness (QED) is 0.576. The fourth-order valence-corrected chi connectivity index (χ4v) is 3.22. The van der Waals surface area contributed by atoms with Crippen molar-refractivity contribution in [3.05, 3.63) is 58.4 Å². The van der Waals surface area contributed by atoms with Crippen LogP contribution in [0.3, 0.4) is 0 Å². The van der Waals surface area contributed by atoms with E-state index < -0.39 is 0 Å². The van der Waals surface area contributed by atoms with Crippen LogP contribution in [-0.2, 0) is 12.3 Å². The molecule has 0 amide bonds. The first-order chi connectivity index (χ1) is 11.1. The van der Waals surface area contributed by atoms with Gasteiger partial charge in [-0.05, 0) is 25.5 Å². The number of fused-ring (bicyclic) bond motifs is 1. The SMILES string of the molecule is C=CCn1c(C)nnc1SCc1nc2c(C)cccc2c(=O)[nH]1. The first-order valence-corrected chi connectivity index (χ1v) is 8.20. The zero-order chi connectivity index (χ0) is 16.4. The number of nitrogens with zero attached hydrogens (tertiary/aromatic N) is 4. The van der Waals surface area contributed by atoms with Crippen LogP contribution < -0.4 is 5.56 Å². The Hall–Kier alpha value is -2.41. The molecule has 0 saturated heterocycles. The molecule has 2 aromatic heterocycles. The van der Waals surface area contributed by atoms with Gasteiger partial charge in [0.1, 0.15) is 11.6 Å². The zero-order valence-corrected chi connectivity index (χ0v) is 13.9. The van der Waals surface area contributed by atoms with Gasteiger partial charge in [-0.1, -0.05) is 30.0 Å². The molecule has 3 aromatic rings. The van der Waals surface area contributed by atoms with E-state index >= 15 is 0 Å². The molecule has 6 nitrogen and oxygen atoms in total. The first-order valence-electron chi connectivity index (χ1n) is 7.22. The number of aromatic amines is 1. The third-order valence-corrected chi connectivity index (χ3v) is 4.52. The number of nitrogens with one attached hydrogen (secondary N) is 1. The summed E-state index contributed by atoms with van der Waals surface area (Å²) in [6.45, 7) is 8.26. The van der Waals surface area contributed by atoms with Crippen molar-refractivity contribution in [1.29, 1.82) is 0 Å². The van der Waals surface area contributed by atoms with Crippen LogP contribution in [0.25, 0.3) is 10.9 Å². The molecular formula is C16H17N5OS. The zero-order valence-electron chi connectivity index (χ0n) is 13.0. The molecule has 0 aliphatic rings. The van der Waals surface area contributed by atoms with Gasteiger partial charge in [-0.25, -0.2) is 4.98 Å². The number of aromatic nitrogens is 5. The number of aryl methyl sites for hydroxylation is 2. The van der Waals surface area contributed by atoms with E-state index in [1.807, 2.05) is 30.5 Å². The Kier molecular flexibility index (Phi) is 4.29. The summed E-state index contributed by atoms with van der Waals surface area (Å²) in [4.78, 5) is 19.6. The molecule has 118 valence electrons. The highest BCUT2D eigenvalue weighted by Crippen LogP contribution is 2.21.